The molecule has 35 heavy (non-hydrogen) atoms. The number of nitrogens with one attached hydrogen (secondary N) is 3. The van der Waals surface area contributed by atoms with Crippen LogP contribution in [0.5, 0.6) is 5.75 Å². The molecule has 4 rings (SSSR count). The minimum Gasteiger partial charge on any atom is -0.506 e. The second-order valence-corrected chi connectivity index (χ2v) is 10.1. The van der Waals surface area contributed by atoms with Gasteiger partial charge >= 0.3 is 0 Å². The van der Waals surface area contributed by atoms with E-state index < -0.39 is 11.5 Å². The van der Waals surface area contributed by atoms with Crippen molar-refractivity contribution >= 4 is 35.3 Å². The molecule has 8 heteroatoms. The first kappa shape index (κ1) is 25.5. The van der Waals surface area contributed by atoms with E-state index in [4.69, 9.17) is 11.6 Å². The smallest absolute Gasteiger partial charge is 0.152 e. The highest BCUT2D eigenvalue weighted by atomic mass is 35.5. The van der Waals surface area contributed by atoms with E-state index in [1.807, 2.05) is 18.2 Å². The van der Waals surface area contributed by atoms with Crippen LogP contribution in [0.25, 0.3) is 0 Å². The summed E-state index contributed by atoms with van der Waals surface area (Å²) in [6, 6.07) is 19.7. The van der Waals surface area contributed by atoms with E-state index in [1.165, 1.54) is 22.9 Å². The lowest BCUT2D eigenvalue weighted by Gasteiger charge is -2.16. The molecule has 3 aromatic rings. The number of aldehydes is 1. The molecule has 5 N–H and O–H groups in total. The molecule has 2 atom stereocenters. The maximum atomic E-state index is 11.1. The van der Waals surface area contributed by atoms with Crippen LogP contribution in [0.2, 0.25) is 5.02 Å². The van der Waals surface area contributed by atoms with Gasteiger partial charge in [-0.3, -0.25) is 0 Å². The first-order valence-corrected chi connectivity index (χ1v) is 13.0. The Hall–Kier alpha value is -2.55. The number of hydrogen-bond acceptors (Lipinski definition) is 7. The maximum absolute atomic E-state index is 11.1. The van der Waals surface area contributed by atoms with E-state index in [1.54, 1.807) is 12.1 Å². The van der Waals surface area contributed by atoms with E-state index in [0.29, 0.717) is 17.8 Å². The standard InChI is InChI=1S/C27H30ClN3O3S/c28-22-7-2-1-6-20(22)11-13-29-15-19-5-3-4-18(14-19)10-12-30-16-24(34)21-8-9-23(33)26-27(21)35-25(17-32)31-26/h1-9,14,17,24-25,29-31,33-34H,10-13,15-16H2/t24-,25?/m0/s1. The molecule has 184 valence electrons. The number of rotatable bonds is 12. The number of carbonyl (C=O) groups is 1. The third-order valence-corrected chi connectivity index (χ3v) is 7.48. The Labute approximate surface area is 215 Å². The van der Waals surface area contributed by atoms with Crippen molar-refractivity contribution < 1.29 is 15.0 Å². The Morgan fingerprint density at radius 3 is 2.66 bits per heavy atom. The van der Waals surface area contributed by atoms with Gasteiger partial charge in [0.15, 0.2) is 6.29 Å². The van der Waals surface area contributed by atoms with Crippen molar-refractivity contribution in [1.29, 1.82) is 0 Å². The molecule has 0 spiro atoms. The number of aliphatic hydroxyl groups excluding tert-OH is 1. The second-order valence-electron chi connectivity index (χ2n) is 8.50. The predicted octanol–water partition coefficient (Wildman–Crippen LogP) is 4.29. The lowest BCUT2D eigenvalue weighted by molar-refractivity contribution is -0.107. The zero-order valence-corrected chi connectivity index (χ0v) is 20.9. The zero-order valence-electron chi connectivity index (χ0n) is 19.3. The van der Waals surface area contributed by atoms with Gasteiger partial charge in [0.2, 0.25) is 0 Å². The molecule has 0 radical (unpaired) electrons. The molecule has 0 saturated carbocycles. The molecule has 0 saturated heterocycles. The van der Waals surface area contributed by atoms with E-state index in [2.05, 4.69) is 46.3 Å². The van der Waals surface area contributed by atoms with Gasteiger partial charge in [0.1, 0.15) is 11.1 Å². The number of aliphatic hydroxyl groups is 1. The molecule has 0 fully saturated rings. The molecule has 0 bridgehead atoms. The number of anilines is 1. The lowest BCUT2D eigenvalue weighted by atomic mass is 10.1. The summed E-state index contributed by atoms with van der Waals surface area (Å²) in [4.78, 5) is 11.9. The van der Waals surface area contributed by atoms with Crippen LogP contribution in [0.4, 0.5) is 5.69 Å². The SMILES string of the molecule is O=CC1Nc2c(O)ccc([C@@H](O)CNCCc3cccc(CNCCc4ccccc4Cl)c3)c2S1. The van der Waals surface area contributed by atoms with Gasteiger partial charge in [-0.05, 0) is 60.3 Å². The molecule has 0 amide bonds. The fourth-order valence-corrected chi connectivity index (χ4v) is 5.45. The van der Waals surface area contributed by atoms with Crippen molar-refractivity contribution in [2.75, 3.05) is 25.0 Å². The van der Waals surface area contributed by atoms with Gasteiger partial charge in [0.05, 0.1) is 11.8 Å². The van der Waals surface area contributed by atoms with Crippen molar-refractivity contribution in [3.63, 3.8) is 0 Å². The highest BCUT2D eigenvalue weighted by Gasteiger charge is 2.28. The average Bonchev–Trinajstić information content (AvgIpc) is 3.31. The molecule has 1 heterocycles. The van der Waals surface area contributed by atoms with Gasteiger partial charge in [-0.1, -0.05) is 71.9 Å². The van der Waals surface area contributed by atoms with E-state index in [9.17, 15) is 15.0 Å². The Bertz CT molecular complexity index is 1160. The predicted molar refractivity (Wildman–Crippen MR) is 142 cm³/mol. The largest absolute Gasteiger partial charge is 0.506 e. The molecule has 0 aliphatic carbocycles. The summed E-state index contributed by atoms with van der Waals surface area (Å²) in [7, 11) is 0. The fourth-order valence-electron chi connectivity index (χ4n) is 4.11. The van der Waals surface area contributed by atoms with Crippen LogP contribution in [0.3, 0.4) is 0 Å². The number of thioether (sulfide) groups is 1. The van der Waals surface area contributed by atoms with Crippen LogP contribution < -0.4 is 16.0 Å². The summed E-state index contributed by atoms with van der Waals surface area (Å²) >= 11 is 7.53. The van der Waals surface area contributed by atoms with E-state index >= 15 is 0 Å². The molecular weight excluding hydrogens is 482 g/mol. The van der Waals surface area contributed by atoms with Gasteiger partial charge in [-0.25, -0.2) is 0 Å². The number of phenolic OH excluding ortho intramolecular Hbond substituents is 1. The van der Waals surface area contributed by atoms with Gasteiger partial charge in [-0.15, -0.1) is 0 Å². The average molecular weight is 512 g/mol. The minimum absolute atomic E-state index is 0.0824. The van der Waals surface area contributed by atoms with Gasteiger partial charge in [0.25, 0.3) is 0 Å². The monoisotopic (exact) mass is 511 g/mol. The van der Waals surface area contributed by atoms with Crippen LogP contribution in [-0.4, -0.2) is 41.5 Å². The summed E-state index contributed by atoms with van der Waals surface area (Å²) in [5, 5.41) is 30.9. The molecule has 1 aliphatic heterocycles. The van der Waals surface area contributed by atoms with Crippen LogP contribution in [-0.2, 0) is 24.2 Å². The third-order valence-electron chi connectivity index (χ3n) is 5.96. The van der Waals surface area contributed by atoms with Crippen LogP contribution in [0.1, 0.15) is 28.4 Å². The number of halogens is 1. The Balaban J connectivity index is 1.21. The number of carbonyl (C=O) groups excluding carboxylic acids is 1. The van der Waals surface area contributed by atoms with Crippen molar-refractivity contribution in [2.24, 2.45) is 0 Å². The summed E-state index contributed by atoms with van der Waals surface area (Å²) in [6.45, 7) is 2.76. The van der Waals surface area contributed by atoms with Gasteiger partial charge < -0.3 is 31.0 Å². The van der Waals surface area contributed by atoms with Crippen molar-refractivity contribution in [3.05, 3.63) is 87.9 Å². The number of aromatic hydroxyl groups is 1. The maximum Gasteiger partial charge on any atom is 0.152 e. The molecular formula is C27H30ClN3O3S. The summed E-state index contributed by atoms with van der Waals surface area (Å²) in [6.07, 6.45) is 1.79. The highest BCUT2D eigenvalue weighted by molar-refractivity contribution is 8.01. The summed E-state index contributed by atoms with van der Waals surface area (Å²) in [5.74, 6) is 0.0824. The summed E-state index contributed by atoms with van der Waals surface area (Å²) in [5.41, 5.74) is 4.84. The minimum atomic E-state index is -0.738. The Morgan fingerprint density at radius 1 is 1.03 bits per heavy atom. The van der Waals surface area contributed by atoms with E-state index in [-0.39, 0.29) is 5.75 Å². The lowest BCUT2D eigenvalue weighted by Crippen LogP contribution is -2.24. The normalized spacial score (nSPS) is 15.4. The van der Waals surface area contributed by atoms with Crippen LogP contribution >= 0.6 is 23.4 Å². The first-order valence-electron chi connectivity index (χ1n) is 11.7. The number of benzene rings is 3. The summed E-state index contributed by atoms with van der Waals surface area (Å²) < 4.78 is 0. The number of hydrogen-bond donors (Lipinski definition) is 5. The van der Waals surface area contributed by atoms with Crippen molar-refractivity contribution in [2.45, 2.75) is 35.8 Å². The Morgan fingerprint density at radius 2 is 1.83 bits per heavy atom. The van der Waals surface area contributed by atoms with Crippen LogP contribution in [0, 0.1) is 0 Å². The van der Waals surface area contributed by atoms with Gasteiger partial charge in [-0.2, -0.15) is 0 Å². The van der Waals surface area contributed by atoms with Crippen molar-refractivity contribution in [3.8, 4) is 5.75 Å². The highest BCUT2D eigenvalue weighted by Crippen LogP contribution is 2.46. The topological polar surface area (TPSA) is 93.6 Å². The third kappa shape index (κ3) is 6.78. The fraction of sp³-hybridized carbons (Fsp3) is 0.296. The molecule has 3 aromatic carbocycles. The van der Waals surface area contributed by atoms with E-state index in [0.717, 1.165) is 54.2 Å². The Kier molecular flexibility index (Phi) is 9.06. The zero-order chi connectivity index (χ0) is 24.6. The molecule has 1 unspecified atom stereocenters. The number of phenols is 1. The molecule has 0 aromatic heterocycles. The molecule has 1 aliphatic rings. The quantitative estimate of drug-likeness (QED) is 0.141. The van der Waals surface area contributed by atoms with Crippen LogP contribution in [0.15, 0.2) is 65.6 Å². The van der Waals surface area contributed by atoms with Crippen molar-refractivity contribution in [1.82, 2.24) is 10.6 Å². The first-order chi connectivity index (χ1) is 17.0. The number of fused-ring (bicyclic) bond motifs is 1. The second kappa shape index (κ2) is 12.4. The molecule has 6 nitrogen and oxygen atoms in total. The van der Waals surface area contributed by atoms with Gasteiger partial charge in [0, 0.05) is 23.0 Å².